The van der Waals surface area contributed by atoms with Gasteiger partial charge >= 0.3 is 0 Å². The number of aromatic nitrogens is 2. The third-order valence-electron chi connectivity index (χ3n) is 6.74. The molecule has 1 saturated carbocycles. The number of hydrogen-bond donors (Lipinski definition) is 0. The second-order valence-electron chi connectivity index (χ2n) is 8.34. The van der Waals surface area contributed by atoms with Crippen molar-refractivity contribution in [3.63, 3.8) is 0 Å². The summed E-state index contributed by atoms with van der Waals surface area (Å²) in [6, 6.07) is 6.07. The van der Waals surface area contributed by atoms with Gasteiger partial charge < -0.3 is 14.2 Å². The summed E-state index contributed by atoms with van der Waals surface area (Å²) in [4.78, 5) is 19.5. The minimum absolute atomic E-state index is 0.0159. The van der Waals surface area contributed by atoms with Crippen LogP contribution in [0.4, 0.5) is 4.39 Å². The summed E-state index contributed by atoms with van der Waals surface area (Å²) in [6.07, 6.45) is 4.94. The van der Waals surface area contributed by atoms with Gasteiger partial charge in [-0.05, 0) is 49.9 Å². The summed E-state index contributed by atoms with van der Waals surface area (Å²) in [5, 5.41) is 4.13. The molecule has 2 aromatic rings. The Morgan fingerprint density at radius 1 is 1.18 bits per heavy atom. The number of likely N-dealkylation sites (tertiary alicyclic amines) is 1. The van der Waals surface area contributed by atoms with Gasteiger partial charge in [-0.25, -0.2) is 4.39 Å². The third-order valence-corrected chi connectivity index (χ3v) is 6.74. The van der Waals surface area contributed by atoms with Gasteiger partial charge in [-0.3, -0.25) is 4.79 Å². The highest BCUT2D eigenvalue weighted by Gasteiger charge is 2.52. The van der Waals surface area contributed by atoms with Crippen molar-refractivity contribution in [1.29, 1.82) is 0 Å². The lowest BCUT2D eigenvalue weighted by atomic mass is 9.72. The number of carbonyl (C=O) groups is 1. The molecule has 5 rings (SSSR count). The van der Waals surface area contributed by atoms with Crippen LogP contribution in [0.3, 0.4) is 0 Å². The molecule has 3 fully saturated rings. The van der Waals surface area contributed by atoms with Crippen LogP contribution < -0.4 is 0 Å². The number of halogens is 1. The number of carbonyl (C=O) groups excluding carboxylic acids is 1. The van der Waals surface area contributed by atoms with E-state index in [0.717, 1.165) is 44.2 Å². The lowest BCUT2D eigenvalue weighted by Crippen LogP contribution is -2.40. The fourth-order valence-electron chi connectivity index (χ4n) is 4.77. The highest BCUT2D eigenvalue weighted by atomic mass is 19.1. The van der Waals surface area contributed by atoms with Crippen LogP contribution in [-0.4, -0.2) is 47.3 Å². The van der Waals surface area contributed by atoms with E-state index in [2.05, 4.69) is 10.1 Å². The van der Waals surface area contributed by atoms with E-state index in [9.17, 15) is 9.18 Å². The molecule has 3 aliphatic rings. The molecule has 0 bridgehead atoms. The van der Waals surface area contributed by atoms with E-state index in [-0.39, 0.29) is 29.0 Å². The van der Waals surface area contributed by atoms with Crippen LogP contribution in [0.5, 0.6) is 0 Å². The standard InChI is InChI=1S/C21H24FN3O3/c22-16-6-4-14(5-7-16)18-23-19(28-24-18)17-12-25(20(26)15-2-1-3-15)13-21(17)8-10-27-11-9-21/h4-7,15,17H,1-3,8-13H2/t17-/m1/s1. The Morgan fingerprint density at radius 2 is 1.93 bits per heavy atom. The van der Waals surface area contributed by atoms with Crippen LogP contribution in [0.1, 0.15) is 43.9 Å². The van der Waals surface area contributed by atoms with E-state index in [1.165, 1.54) is 12.1 Å². The topological polar surface area (TPSA) is 68.5 Å². The van der Waals surface area contributed by atoms with Crippen molar-refractivity contribution in [3.8, 4) is 11.4 Å². The van der Waals surface area contributed by atoms with Gasteiger partial charge in [0.2, 0.25) is 17.6 Å². The van der Waals surface area contributed by atoms with Crippen LogP contribution in [0.25, 0.3) is 11.4 Å². The summed E-state index contributed by atoms with van der Waals surface area (Å²) in [5.41, 5.74) is 0.655. The van der Waals surface area contributed by atoms with Crippen LogP contribution in [0.15, 0.2) is 28.8 Å². The highest BCUT2D eigenvalue weighted by Crippen LogP contribution is 2.50. The summed E-state index contributed by atoms with van der Waals surface area (Å²) in [6.45, 7) is 2.76. The zero-order chi connectivity index (χ0) is 19.1. The molecule has 3 heterocycles. The van der Waals surface area contributed by atoms with Crippen molar-refractivity contribution < 1.29 is 18.4 Å². The minimum atomic E-state index is -0.297. The van der Waals surface area contributed by atoms with E-state index in [1.807, 2.05) is 4.90 Å². The normalized spacial score (nSPS) is 24.5. The summed E-state index contributed by atoms with van der Waals surface area (Å²) in [7, 11) is 0. The number of nitrogens with zero attached hydrogens (tertiary/aromatic N) is 3. The van der Waals surface area contributed by atoms with Crippen molar-refractivity contribution >= 4 is 5.91 Å². The molecular formula is C21H24FN3O3. The molecule has 0 radical (unpaired) electrons. The number of hydrogen-bond acceptors (Lipinski definition) is 5. The lowest BCUT2D eigenvalue weighted by Gasteiger charge is -2.36. The van der Waals surface area contributed by atoms with Gasteiger partial charge in [0.1, 0.15) is 5.82 Å². The fourth-order valence-corrected chi connectivity index (χ4v) is 4.77. The van der Waals surface area contributed by atoms with Gasteiger partial charge in [-0.2, -0.15) is 4.98 Å². The number of rotatable bonds is 3. The molecule has 1 spiro atoms. The van der Waals surface area contributed by atoms with Crippen LogP contribution >= 0.6 is 0 Å². The Hall–Kier alpha value is -2.28. The van der Waals surface area contributed by atoms with Crippen LogP contribution in [0.2, 0.25) is 0 Å². The Labute approximate surface area is 163 Å². The molecule has 0 N–H and O–H groups in total. The average molecular weight is 385 g/mol. The minimum Gasteiger partial charge on any atom is -0.381 e. The quantitative estimate of drug-likeness (QED) is 0.810. The molecule has 1 aromatic heterocycles. The Bertz CT molecular complexity index is 856. The molecule has 28 heavy (non-hydrogen) atoms. The van der Waals surface area contributed by atoms with Crippen molar-refractivity contribution in [3.05, 3.63) is 36.0 Å². The second kappa shape index (κ2) is 6.95. The van der Waals surface area contributed by atoms with E-state index in [4.69, 9.17) is 9.26 Å². The third kappa shape index (κ3) is 3.02. The average Bonchev–Trinajstić information content (AvgIpc) is 3.27. The van der Waals surface area contributed by atoms with E-state index in [1.54, 1.807) is 12.1 Å². The van der Waals surface area contributed by atoms with Gasteiger partial charge in [0.15, 0.2) is 0 Å². The molecule has 6 nitrogen and oxygen atoms in total. The van der Waals surface area contributed by atoms with Gasteiger partial charge in [0.05, 0.1) is 5.92 Å². The number of benzene rings is 1. The lowest BCUT2D eigenvalue weighted by molar-refractivity contribution is -0.137. The maximum Gasteiger partial charge on any atom is 0.232 e. The summed E-state index contributed by atoms with van der Waals surface area (Å²) < 4.78 is 24.4. The maximum absolute atomic E-state index is 13.2. The van der Waals surface area contributed by atoms with Crippen molar-refractivity contribution in [2.24, 2.45) is 11.3 Å². The molecular weight excluding hydrogens is 361 g/mol. The highest BCUT2D eigenvalue weighted by molar-refractivity contribution is 5.80. The molecule has 1 atom stereocenters. The number of ether oxygens (including phenoxy) is 1. The summed E-state index contributed by atoms with van der Waals surface area (Å²) >= 11 is 0. The summed E-state index contributed by atoms with van der Waals surface area (Å²) in [5.74, 6) is 1.22. The van der Waals surface area contributed by atoms with Gasteiger partial charge in [0.25, 0.3) is 0 Å². The first-order valence-electron chi connectivity index (χ1n) is 10.1. The van der Waals surface area contributed by atoms with Crippen molar-refractivity contribution in [2.75, 3.05) is 26.3 Å². The largest absolute Gasteiger partial charge is 0.381 e. The molecule has 1 aromatic carbocycles. The van der Waals surface area contributed by atoms with Crippen molar-refractivity contribution in [1.82, 2.24) is 15.0 Å². The first kappa shape index (κ1) is 17.8. The van der Waals surface area contributed by atoms with Crippen LogP contribution in [-0.2, 0) is 9.53 Å². The Balaban J connectivity index is 1.43. The zero-order valence-electron chi connectivity index (χ0n) is 15.8. The predicted octanol–water partition coefficient (Wildman–Crippen LogP) is 3.40. The molecule has 2 aliphatic heterocycles. The van der Waals surface area contributed by atoms with Crippen LogP contribution in [0, 0.1) is 17.2 Å². The molecule has 1 aliphatic carbocycles. The number of amides is 1. The van der Waals surface area contributed by atoms with E-state index < -0.39 is 0 Å². The Morgan fingerprint density at radius 3 is 2.61 bits per heavy atom. The first-order chi connectivity index (χ1) is 13.6. The first-order valence-corrected chi connectivity index (χ1v) is 10.1. The Kier molecular flexibility index (Phi) is 4.42. The molecule has 1 amide bonds. The molecule has 0 unspecified atom stereocenters. The molecule has 148 valence electrons. The van der Waals surface area contributed by atoms with Gasteiger partial charge in [0, 0.05) is 43.2 Å². The van der Waals surface area contributed by atoms with E-state index >= 15 is 0 Å². The van der Waals surface area contributed by atoms with Gasteiger partial charge in [-0.1, -0.05) is 11.6 Å². The van der Waals surface area contributed by atoms with Gasteiger partial charge in [-0.15, -0.1) is 0 Å². The molecule has 2 saturated heterocycles. The van der Waals surface area contributed by atoms with E-state index in [0.29, 0.717) is 31.5 Å². The molecule has 7 heteroatoms. The predicted molar refractivity (Wildman–Crippen MR) is 98.8 cm³/mol. The van der Waals surface area contributed by atoms with Crippen molar-refractivity contribution in [2.45, 2.75) is 38.0 Å². The second-order valence-corrected chi connectivity index (χ2v) is 8.34. The zero-order valence-corrected chi connectivity index (χ0v) is 15.8. The smallest absolute Gasteiger partial charge is 0.232 e. The SMILES string of the molecule is O=C(C1CCC1)N1C[C@H](c2nc(-c3ccc(F)cc3)no2)C2(CCOCC2)C1. The monoisotopic (exact) mass is 385 g/mol. The fraction of sp³-hybridized carbons (Fsp3) is 0.571. The maximum atomic E-state index is 13.2.